The van der Waals surface area contributed by atoms with Gasteiger partial charge in [-0.3, -0.25) is 9.78 Å². The summed E-state index contributed by atoms with van der Waals surface area (Å²) in [6, 6.07) is 1.69. The van der Waals surface area contributed by atoms with Crippen LogP contribution in [-0.2, 0) is 11.4 Å². The molecule has 0 fully saturated rings. The Morgan fingerprint density at radius 2 is 2.24 bits per heavy atom. The lowest BCUT2D eigenvalue weighted by Gasteiger charge is -2.17. The summed E-state index contributed by atoms with van der Waals surface area (Å²) in [7, 11) is 0. The Morgan fingerprint density at radius 3 is 2.82 bits per heavy atom. The quantitative estimate of drug-likeness (QED) is 0.863. The van der Waals surface area contributed by atoms with Gasteiger partial charge >= 0.3 is 0 Å². The maximum atomic E-state index is 11.7. The number of anilines is 1. The summed E-state index contributed by atoms with van der Waals surface area (Å²) in [5, 5.41) is 11.9. The van der Waals surface area contributed by atoms with Crippen molar-refractivity contribution < 1.29 is 9.90 Å². The Labute approximate surface area is 106 Å². The summed E-state index contributed by atoms with van der Waals surface area (Å²) >= 11 is 1.58. The maximum absolute atomic E-state index is 11.7. The summed E-state index contributed by atoms with van der Waals surface area (Å²) in [4.78, 5) is 15.6. The van der Waals surface area contributed by atoms with Gasteiger partial charge < -0.3 is 10.4 Å². The van der Waals surface area contributed by atoms with E-state index >= 15 is 0 Å². The number of aliphatic hydroxyl groups excluding tert-OH is 1. The van der Waals surface area contributed by atoms with E-state index in [4.69, 9.17) is 5.11 Å². The first-order chi connectivity index (χ1) is 7.92. The summed E-state index contributed by atoms with van der Waals surface area (Å²) in [5.74, 6) is 0.316. The molecule has 1 rings (SSSR count). The minimum atomic E-state index is -0.107. The zero-order valence-electron chi connectivity index (χ0n) is 10.4. The topological polar surface area (TPSA) is 62.2 Å². The number of carbonyl (C=O) groups is 1. The number of aliphatic hydroxyl groups is 1. The van der Waals surface area contributed by atoms with Crippen molar-refractivity contribution in [2.45, 2.75) is 32.1 Å². The molecule has 1 amide bonds. The van der Waals surface area contributed by atoms with Crippen LogP contribution in [0, 0.1) is 0 Å². The second kappa shape index (κ2) is 6.02. The predicted octanol–water partition coefficient (Wildman–Crippen LogP) is 2.04. The minimum Gasteiger partial charge on any atom is -0.392 e. The lowest BCUT2D eigenvalue weighted by atomic mass is 10.2. The summed E-state index contributed by atoms with van der Waals surface area (Å²) < 4.78 is 0.0616. The third-order valence-corrected chi connectivity index (χ3v) is 3.26. The molecule has 1 heterocycles. The number of pyridine rings is 1. The van der Waals surface area contributed by atoms with Gasteiger partial charge in [0.05, 0.1) is 24.2 Å². The molecule has 5 heteroatoms. The average molecular weight is 254 g/mol. The molecule has 0 radical (unpaired) electrons. The molecular formula is C12H18N2O2S. The third-order valence-electron chi connectivity index (χ3n) is 1.99. The molecule has 1 aromatic rings. The van der Waals surface area contributed by atoms with Crippen LogP contribution in [0.25, 0.3) is 0 Å². The average Bonchev–Trinajstić information content (AvgIpc) is 2.26. The number of amides is 1. The molecule has 17 heavy (non-hydrogen) atoms. The molecule has 1 aromatic heterocycles. The van der Waals surface area contributed by atoms with Crippen LogP contribution >= 0.6 is 11.8 Å². The van der Waals surface area contributed by atoms with Gasteiger partial charge in [0, 0.05) is 16.5 Å². The van der Waals surface area contributed by atoms with Crippen LogP contribution < -0.4 is 5.32 Å². The molecule has 0 saturated carbocycles. The molecule has 0 aliphatic rings. The van der Waals surface area contributed by atoms with E-state index in [0.717, 1.165) is 0 Å². The van der Waals surface area contributed by atoms with Crippen molar-refractivity contribution >= 4 is 23.4 Å². The van der Waals surface area contributed by atoms with Crippen LogP contribution in [0.5, 0.6) is 0 Å². The Balaban J connectivity index is 2.56. The van der Waals surface area contributed by atoms with Gasteiger partial charge in [0.25, 0.3) is 0 Å². The fourth-order valence-electron chi connectivity index (χ4n) is 1.14. The van der Waals surface area contributed by atoms with Crippen molar-refractivity contribution in [3.8, 4) is 0 Å². The van der Waals surface area contributed by atoms with Gasteiger partial charge in [-0.15, -0.1) is 11.8 Å². The number of hydrogen-bond acceptors (Lipinski definition) is 4. The van der Waals surface area contributed by atoms with Crippen LogP contribution in [0.4, 0.5) is 5.69 Å². The summed E-state index contributed by atoms with van der Waals surface area (Å²) in [6.07, 6.45) is 3.14. The van der Waals surface area contributed by atoms with E-state index in [2.05, 4.69) is 31.1 Å². The van der Waals surface area contributed by atoms with Gasteiger partial charge in [-0.2, -0.15) is 0 Å². The highest BCUT2D eigenvalue weighted by Crippen LogP contribution is 2.23. The normalized spacial score (nSPS) is 11.3. The first kappa shape index (κ1) is 14.0. The number of carbonyl (C=O) groups excluding carboxylic acids is 1. The number of rotatable bonds is 4. The molecule has 0 bridgehead atoms. The molecule has 0 aliphatic carbocycles. The molecule has 2 N–H and O–H groups in total. The Bertz CT molecular complexity index is 388. The molecule has 94 valence electrons. The number of nitrogens with one attached hydrogen (secondary N) is 1. The van der Waals surface area contributed by atoms with E-state index in [-0.39, 0.29) is 17.3 Å². The second-order valence-electron chi connectivity index (χ2n) is 4.64. The van der Waals surface area contributed by atoms with E-state index in [9.17, 15) is 4.79 Å². The monoisotopic (exact) mass is 254 g/mol. The lowest BCUT2D eigenvalue weighted by Crippen LogP contribution is -2.19. The van der Waals surface area contributed by atoms with Crippen LogP contribution in [0.3, 0.4) is 0 Å². The lowest BCUT2D eigenvalue weighted by molar-refractivity contribution is -0.113. The van der Waals surface area contributed by atoms with Crippen molar-refractivity contribution in [1.82, 2.24) is 4.98 Å². The van der Waals surface area contributed by atoms with E-state index in [1.165, 1.54) is 0 Å². The first-order valence-corrected chi connectivity index (χ1v) is 6.38. The summed E-state index contributed by atoms with van der Waals surface area (Å²) in [6.45, 7) is 6.08. The third kappa shape index (κ3) is 5.19. The number of thioether (sulfide) groups is 1. The van der Waals surface area contributed by atoms with Crippen molar-refractivity contribution in [1.29, 1.82) is 0 Å². The largest absolute Gasteiger partial charge is 0.392 e. The van der Waals surface area contributed by atoms with Crippen molar-refractivity contribution in [3.05, 3.63) is 24.0 Å². The second-order valence-corrected chi connectivity index (χ2v) is 6.44. The predicted molar refractivity (Wildman–Crippen MR) is 71.0 cm³/mol. The highest BCUT2D eigenvalue weighted by Gasteiger charge is 2.14. The van der Waals surface area contributed by atoms with E-state index in [0.29, 0.717) is 17.0 Å². The van der Waals surface area contributed by atoms with E-state index in [1.54, 1.807) is 30.2 Å². The van der Waals surface area contributed by atoms with Crippen LogP contribution in [-0.4, -0.2) is 26.5 Å². The first-order valence-electron chi connectivity index (χ1n) is 5.40. The van der Waals surface area contributed by atoms with E-state index < -0.39 is 0 Å². The zero-order valence-corrected chi connectivity index (χ0v) is 11.2. The van der Waals surface area contributed by atoms with Crippen molar-refractivity contribution in [3.63, 3.8) is 0 Å². The SMILES string of the molecule is CC(C)(C)SCC(=O)Nc1cnccc1CO. The fourth-order valence-corrected chi connectivity index (χ4v) is 1.78. The molecule has 0 saturated heterocycles. The Hall–Kier alpha value is -1.07. The molecular weight excluding hydrogens is 236 g/mol. The zero-order chi connectivity index (χ0) is 12.9. The highest BCUT2D eigenvalue weighted by atomic mass is 32.2. The van der Waals surface area contributed by atoms with Crippen LogP contribution in [0.2, 0.25) is 0 Å². The van der Waals surface area contributed by atoms with Crippen molar-refractivity contribution in [2.24, 2.45) is 0 Å². The molecule has 4 nitrogen and oxygen atoms in total. The van der Waals surface area contributed by atoms with E-state index in [1.807, 2.05) is 0 Å². The highest BCUT2D eigenvalue weighted by molar-refractivity contribution is 8.01. The van der Waals surface area contributed by atoms with Gasteiger partial charge in [0.2, 0.25) is 5.91 Å². The van der Waals surface area contributed by atoms with Gasteiger partial charge in [0.15, 0.2) is 0 Å². The molecule has 0 unspecified atom stereocenters. The number of hydrogen-bond donors (Lipinski definition) is 2. The smallest absolute Gasteiger partial charge is 0.234 e. The van der Waals surface area contributed by atoms with Gasteiger partial charge in [-0.25, -0.2) is 0 Å². The molecule has 0 aliphatic heterocycles. The molecule has 0 spiro atoms. The van der Waals surface area contributed by atoms with Gasteiger partial charge in [-0.1, -0.05) is 20.8 Å². The van der Waals surface area contributed by atoms with Gasteiger partial charge in [-0.05, 0) is 6.07 Å². The fraction of sp³-hybridized carbons (Fsp3) is 0.500. The van der Waals surface area contributed by atoms with Gasteiger partial charge in [0.1, 0.15) is 0 Å². The van der Waals surface area contributed by atoms with Crippen LogP contribution in [0.1, 0.15) is 26.3 Å². The standard InChI is InChI=1S/C12H18N2O2S/c1-12(2,3)17-8-11(16)14-10-6-13-5-4-9(10)7-15/h4-6,15H,7-8H2,1-3H3,(H,14,16). The summed E-state index contributed by atoms with van der Waals surface area (Å²) in [5.41, 5.74) is 1.25. The molecule has 0 atom stereocenters. The minimum absolute atomic E-state index is 0.0616. The molecule has 0 aromatic carbocycles. The van der Waals surface area contributed by atoms with Crippen LogP contribution in [0.15, 0.2) is 18.5 Å². The number of nitrogens with zero attached hydrogens (tertiary/aromatic N) is 1. The van der Waals surface area contributed by atoms with Crippen molar-refractivity contribution in [2.75, 3.05) is 11.1 Å². The number of aromatic nitrogens is 1. The maximum Gasteiger partial charge on any atom is 0.234 e. The Kier molecular flexibility index (Phi) is 4.96. The Morgan fingerprint density at radius 1 is 1.53 bits per heavy atom.